The first-order valence-electron chi connectivity index (χ1n) is 4.57. The molecule has 2 N–H and O–H groups in total. The average molecular weight is 312 g/mol. The molecule has 0 aliphatic carbocycles. The molecule has 0 atom stereocenters. The molecule has 0 amide bonds. The number of rotatable bonds is 3. The lowest BCUT2D eigenvalue weighted by Gasteiger charge is -1.96. The van der Waals surface area contributed by atoms with E-state index in [2.05, 4.69) is 4.18 Å². The van der Waals surface area contributed by atoms with Crippen molar-refractivity contribution in [3.05, 3.63) is 28.2 Å². The van der Waals surface area contributed by atoms with Crippen LogP contribution >= 0.6 is 22.9 Å². The van der Waals surface area contributed by atoms with Gasteiger partial charge in [-0.15, -0.1) is 0 Å². The molecule has 2 aromatic rings. The molecular formula is C9H10ClNO5S2. The Morgan fingerprint density at radius 2 is 2.17 bits per heavy atom. The molecule has 1 heterocycles. The molecule has 0 unspecified atom stereocenters. The maximum absolute atomic E-state index is 10.5. The third-order valence-electron chi connectivity index (χ3n) is 2.18. The third kappa shape index (κ3) is 3.37. The van der Waals surface area contributed by atoms with Crippen LogP contribution in [-0.4, -0.2) is 18.4 Å². The van der Waals surface area contributed by atoms with Gasteiger partial charge in [0.2, 0.25) is 10.5 Å². The number of thiazole rings is 1. The molecule has 9 heteroatoms. The molecule has 1 aromatic heterocycles. The van der Waals surface area contributed by atoms with Crippen molar-refractivity contribution in [2.45, 2.75) is 13.7 Å². The maximum atomic E-state index is 10.5. The van der Waals surface area contributed by atoms with Gasteiger partial charge in [-0.1, -0.05) is 22.9 Å². The second kappa shape index (κ2) is 5.47. The number of benzene rings is 1. The Morgan fingerprint density at radius 3 is 2.78 bits per heavy atom. The summed E-state index contributed by atoms with van der Waals surface area (Å²) >= 11 is 7.36. The van der Waals surface area contributed by atoms with Crippen molar-refractivity contribution in [3.63, 3.8) is 0 Å². The van der Waals surface area contributed by atoms with Gasteiger partial charge in [-0.05, 0) is 12.1 Å². The molecule has 0 saturated carbocycles. The molecule has 100 valence electrons. The summed E-state index contributed by atoms with van der Waals surface area (Å²) in [6.07, 6.45) is 0. The van der Waals surface area contributed by atoms with E-state index in [1.165, 1.54) is 11.3 Å². The van der Waals surface area contributed by atoms with E-state index in [1.54, 1.807) is 16.7 Å². The monoisotopic (exact) mass is 311 g/mol. The van der Waals surface area contributed by atoms with Crippen LogP contribution in [0, 0.1) is 6.92 Å². The molecule has 0 spiro atoms. The van der Waals surface area contributed by atoms with Gasteiger partial charge in [0.15, 0.2) is 0 Å². The second-order valence-electron chi connectivity index (χ2n) is 3.34. The van der Waals surface area contributed by atoms with Gasteiger partial charge in [-0.2, -0.15) is 17.2 Å². The quantitative estimate of drug-likeness (QED) is 0.688. The summed E-state index contributed by atoms with van der Waals surface area (Å²) < 4.78 is 36.6. The summed E-state index contributed by atoms with van der Waals surface area (Å²) in [4.78, 5) is 0. The van der Waals surface area contributed by atoms with Gasteiger partial charge >= 0.3 is 10.4 Å². The maximum Gasteiger partial charge on any atom is 0.402 e. The third-order valence-corrected chi connectivity index (χ3v) is 3.90. The minimum Gasteiger partial charge on any atom is -0.870 e. The van der Waals surface area contributed by atoms with E-state index in [9.17, 15) is 8.42 Å². The molecule has 1 aromatic carbocycles. The van der Waals surface area contributed by atoms with Gasteiger partial charge in [0.1, 0.15) is 4.70 Å². The molecule has 2 rings (SSSR count). The molecule has 18 heavy (non-hydrogen) atoms. The number of hydrogen-bond acceptors (Lipinski definition) is 5. The van der Waals surface area contributed by atoms with Gasteiger partial charge in [0, 0.05) is 18.0 Å². The van der Waals surface area contributed by atoms with Gasteiger partial charge in [0.05, 0.1) is 0 Å². The topological polar surface area (TPSA) is 97.5 Å². The fraction of sp³-hybridized carbons (Fsp3) is 0.222. The first-order chi connectivity index (χ1) is 7.87. The van der Waals surface area contributed by atoms with Crippen LogP contribution in [0.5, 0.6) is 0 Å². The highest BCUT2D eigenvalue weighted by atomic mass is 35.5. The first kappa shape index (κ1) is 15.3. The van der Waals surface area contributed by atoms with Crippen molar-refractivity contribution >= 4 is 43.6 Å². The fourth-order valence-corrected chi connectivity index (χ4v) is 2.85. The van der Waals surface area contributed by atoms with Crippen LogP contribution in [0.4, 0.5) is 0 Å². The lowest BCUT2D eigenvalue weighted by molar-refractivity contribution is -0.702. The van der Waals surface area contributed by atoms with Crippen molar-refractivity contribution < 1.29 is 27.2 Å². The predicted octanol–water partition coefficient (Wildman–Crippen LogP) is 1.75. The summed E-state index contributed by atoms with van der Waals surface area (Å²) in [5.74, 6) is 0. The minimum atomic E-state index is -4.44. The highest BCUT2D eigenvalue weighted by Crippen LogP contribution is 2.23. The van der Waals surface area contributed by atoms with Crippen molar-refractivity contribution in [2.24, 2.45) is 0 Å². The van der Waals surface area contributed by atoms with E-state index in [4.69, 9.17) is 16.2 Å². The van der Waals surface area contributed by atoms with E-state index < -0.39 is 10.4 Å². The summed E-state index contributed by atoms with van der Waals surface area (Å²) in [5, 5.41) is 1.40. The van der Waals surface area contributed by atoms with Crippen LogP contribution in [0.25, 0.3) is 10.2 Å². The number of hydrogen-bond donors (Lipinski definition) is 1. The van der Waals surface area contributed by atoms with Crippen LogP contribution in [0.1, 0.15) is 5.01 Å². The number of halogens is 1. The lowest BCUT2D eigenvalue weighted by Crippen LogP contribution is -2.37. The van der Waals surface area contributed by atoms with Gasteiger partial charge in [0.25, 0.3) is 6.73 Å². The predicted molar refractivity (Wildman–Crippen MR) is 66.3 cm³/mol. The van der Waals surface area contributed by atoms with Crippen molar-refractivity contribution in [1.29, 1.82) is 0 Å². The number of aryl methyl sites for hydroxylation is 1. The molecule has 0 fully saturated rings. The van der Waals surface area contributed by atoms with E-state index in [0.29, 0.717) is 5.02 Å². The minimum absolute atomic E-state index is 0. The molecule has 0 aliphatic rings. The van der Waals surface area contributed by atoms with Crippen LogP contribution in [0.3, 0.4) is 0 Å². The standard InChI is InChI=1S/C9H8ClNO4S2.H2O/c1-6-11(5-15-17(12,13)14)8-4-7(10)2-3-9(8)16-6;/h2-4H,5H2,1H3;1H2. The van der Waals surface area contributed by atoms with Crippen molar-refractivity contribution in [3.8, 4) is 0 Å². The van der Waals surface area contributed by atoms with E-state index >= 15 is 0 Å². The Labute approximate surface area is 113 Å². The molecular weight excluding hydrogens is 302 g/mol. The zero-order chi connectivity index (χ0) is 12.6. The lowest BCUT2D eigenvalue weighted by atomic mass is 10.3. The van der Waals surface area contributed by atoms with Gasteiger partial charge in [-0.25, -0.2) is 0 Å². The number of aromatic nitrogens is 1. The molecule has 0 radical (unpaired) electrons. The van der Waals surface area contributed by atoms with E-state index in [-0.39, 0.29) is 12.2 Å². The first-order valence-corrected chi connectivity index (χ1v) is 7.13. The summed E-state index contributed by atoms with van der Waals surface area (Å²) in [7, 11) is -4.44. The zero-order valence-corrected chi connectivity index (χ0v) is 11.6. The fourth-order valence-electron chi connectivity index (χ4n) is 1.45. The van der Waals surface area contributed by atoms with E-state index in [1.807, 2.05) is 13.0 Å². The summed E-state index contributed by atoms with van der Waals surface area (Å²) in [6, 6.07) is 5.32. The number of nitrogens with zero attached hydrogens (tertiary/aromatic N) is 1. The summed E-state index contributed by atoms with van der Waals surface area (Å²) in [5.41, 5.74) is 0.767. The Balaban J connectivity index is 0.00000162. The largest absolute Gasteiger partial charge is 0.870 e. The normalized spacial score (nSPS) is 11.5. The highest BCUT2D eigenvalue weighted by molar-refractivity contribution is 7.80. The van der Waals surface area contributed by atoms with Crippen molar-refractivity contribution in [1.82, 2.24) is 0 Å². The van der Waals surface area contributed by atoms with Crippen LogP contribution in [-0.2, 0) is 21.3 Å². The number of fused-ring (bicyclic) bond motifs is 1. The second-order valence-corrected chi connectivity index (χ2v) is 6.10. The molecule has 0 bridgehead atoms. The Bertz CT molecular complexity index is 667. The average Bonchev–Trinajstić information content (AvgIpc) is 2.49. The van der Waals surface area contributed by atoms with Gasteiger partial charge in [-0.3, -0.25) is 4.55 Å². The van der Waals surface area contributed by atoms with Crippen LogP contribution < -0.4 is 4.57 Å². The highest BCUT2D eigenvalue weighted by Gasteiger charge is 2.19. The van der Waals surface area contributed by atoms with E-state index in [0.717, 1.165) is 15.2 Å². The van der Waals surface area contributed by atoms with Gasteiger partial charge < -0.3 is 5.48 Å². The Hall–Kier alpha value is -0.770. The van der Waals surface area contributed by atoms with Crippen LogP contribution in [0.2, 0.25) is 5.02 Å². The zero-order valence-electron chi connectivity index (χ0n) is 9.20. The molecule has 0 aliphatic heterocycles. The van der Waals surface area contributed by atoms with Crippen molar-refractivity contribution in [2.75, 3.05) is 0 Å². The Kier molecular flexibility index (Phi) is 4.65. The molecule has 6 nitrogen and oxygen atoms in total. The Morgan fingerprint density at radius 1 is 1.50 bits per heavy atom. The SMILES string of the molecule is Cc1sc2ccc(Cl)cc2[n+]1COS(=O)(=O)O.[OH-]. The van der Waals surface area contributed by atoms with Crippen LogP contribution in [0.15, 0.2) is 18.2 Å². The molecule has 0 saturated heterocycles. The smallest absolute Gasteiger partial charge is 0.402 e. The summed E-state index contributed by atoms with van der Waals surface area (Å²) in [6.45, 7) is 1.55.